The third-order valence-corrected chi connectivity index (χ3v) is 1.76. The third kappa shape index (κ3) is 3.41. The molecule has 0 fully saturated rings. The molecule has 6 nitrogen and oxygen atoms in total. The zero-order valence-corrected chi connectivity index (χ0v) is 9.11. The van der Waals surface area contributed by atoms with Crippen molar-refractivity contribution in [3.63, 3.8) is 0 Å². The Labute approximate surface area is 88.8 Å². The second-order valence-electron chi connectivity index (χ2n) is 2.69. The molecule has 1 aromatic rings. The largest absolute Gasteiger partial charge is 0.481 e. The number of guanidine groups is 1. The maximum absolute atomic E-state index is 4.99. The van der Waals surface area contributed by atoms with Crippen molar-refractivity contribution in [3.8, 4) is 5.88 Å². The van der Waals surface area contributed by atoms with Crippen molar-refractivity contribution >= 4 is 5.96 Å². The molecule has 0 atom stereocenters. The van der Waals surface area contributed by atoms with Gasteiger partial charge in [0.25, 0.3) is 0 Å². The molecule has 2 N–H and O–H groups in total. The van der Waals surface area contributed by atoms with Crippen LogP contribution in [-0.2, 0) is 6.54 Å². The molecule has 0 radical (unpaired) electrons. The average Bonchev–Trinajstić information content (AvgIpc) is 2.31. The molecule has 15 heavy (non-hydrogen) atoms. The molecule has 0 saturated heterocycles. The molecule has 1 rings (SSSR count). The van der Waals surface area contributed by atoms with Crippen LogP contribution < -0.4 is 15.4 Å². The molecule has 0 spiro atoms. The van der Waals surface area contributed by atoms with Crippen LogP contribution in [0, 0.1) is 0 Å². The molecule has 0 aliphatic heterocycles. The lowest BCUT2D eigenvalue weighted by molar-refractivity contribution is 0.394. The zero-order valence-electron chi connectivity index (χ0n) is 9.11. The van der Waals surface area contributed by atoms with Crippen LogP contribution in [0.25, 0.3) is 0 Å². The van der Waals surface area contributed by atoms with E-state index in [1.165, 1.54) is 0 Å². The van der Waals surface area contributed by atoms with Crippen molar-refractivity contribution in [2.24, 2.45) is 4.99 Å². The van der Waals surface area contributed by atoms with Gasteiger partial charge in [-0.1, -0.05) is 0 Å². The standard InChI is InChI=1S/C9H15N5O/c1-10-9(11-2)13-6-7-12-5-4-8(14-7)15-3/h4-5H,6H2,1-3H3,(H2,10,11,13). The lowest BCUT2D eigenvalue weighted by atomic mass is 10.5. The van der Waals surface area contributed by atoms with Gasteiger partial charge in [0, 0.05) is 26.4 Å². The van der Waals surface area contributed by atoms with Gasteiger partial charge in [-0.25, -0.2) is 4.98 Å². The molecule has 0 aliphatic carbocycles. The molecule has 0 bridgehead atoms. The van der Waals surface area contributed by atoms with E-state index < -0.39 is 0 Å². The molecule has 1 aromatic heterocycles. The van der Waals surface area contributed by atoms with Crippen molar-refractivity contribution in [1.82, 2.24) is 20.6 Å². The van der Waals surface area contributed by atoms with E-state index in [9.17, 15) is 0 Å². The molecule has 0 amide bonds. The van der Waals surface area contributed by atoms with Gasteiger partial charge in [-0.2, -0.15) is 4.98 Å². The van der Waals surface area contributed by atoms with E-state index in [2.05, 4.69) is 25.6 Å². The minimum Gasteiger partial charge on any atom is -0.481 e. The van der Waals surface area contributed by atoms with Gasteiger partial charge in [0.1, 0.15) is 0 Å². The van der Waals surface area contributed by atoms with Gasteiger partial charge in [0.2, 0.25) is 5.88 Å². The predicted molar refractivity (Wildman–Crippen MR) is 57.8 cm³/mol. The first-order valence-corrected chi connectivity index (χ1v) is 4.54. The maximum Gasteiger partial charge on any atom is 0.216 e. The number of methoxy groups -OCH3 is 1. The molecule has 0 saturated carbocycles. The molecule has 0 unspecified atom stereocenters. The van der Waals surface area contributed by atoms with Crippen LogP contribution in [0.1, 0.15) is 5.82 Å². The summed E-state index contributed by atoms with van der Waals surface area (Å²) in [6.07, 6.45) is 1.66. The Morgan fingerprint density at radius 3 is 3.00 bits per heavy atom. The number of aliphatic imine (C=N–C) groups is 1. The summed E-state index contributed by atoms with van der Waals surface area (Å²) in [5, 5.41) is 5.95. The summed E-state index contributed by atoms with van der Waals surface area (Å²) in [6, 6.07) is 1.70. The highest BCUT2D eigenvalue weighted by Gasteiger charge is 1.99. The quantitative estimate of drug-likeness (QED) is 0.532. The molecule has 0 aromatic carbocycles. The van der Waals surface area contributed by atoms with E-state index in [-0.39, 0.29) is 0 Å². The van der Waals surface area contributed by atoms with Gasteiger partial charge in [-0.15, -0.1) is 0 Å². The number of rotatable bonds is 3. The smallest absolute Gasteiger partial charge is 0.216 e. The zero-order chi connectivity index (χ0) is 11.1. The number of hydrogen-bond donors (Lipinski definition) is 2. The van der Waals surface area contributed by atoms with Gasteiger partial charge in [-0.05, 0) is 0 Å². The van der Waals surface area contributed by atoms with Gasteiger partial charge in [-0.3, -0.25) is 4.99 Å². The van der Waals surface area contributed by atoms with Crippen LogP contribution in [0.4, 0.5) is 0 Å². The highest BCUT2D eigenvalue weighted by molar-refractivity contribution is 5.79. The van der Waals surface area contributed by atoms with Gasteiger partial charge in [0.05, 0.1) is 13.7 Å². The highest BCUT2D eigenvalue weighted by Crippen LogP contribution is 2.02. The fourth-order valence-corrected chi connectivity index (χ4v) is 1.02. The summed E-state index contributed by atoms with van der Waals surface area (Å²) in [4.78, 5) is 12.2. The summed E-state index contributed by atoms with van der Waals surface area (Å²) in [7, 11) is 5.07. The van der Waals surface area contributed by atoms with E-state index in [0.29, 0.717) is 24.2 Å². The Hall–Kier alpha value is -1.85. The van der Waals surface area contributed by atoms with E-state index in [1.54, 1.807) is 33.5 Å². The van der Waals surface area contributed by atoms with Gasteiger partial charge < -0.3 is 15.4 Å². The Bertz CT molecular complexity index is 339. The van der Waals surface area contributed by atoms with E-state index in [4.69, 9.17) is 4.74 Å². The minimum absolute atomic E-state index is 0.505. The first kappa shape index (κ1) is 11.2. The Balaban J connectivity index is 2.57. The Morgan fingerprint density at radius 1 is 1.60 bits per heavy atom. The predicted octanol–water partition coefficient (Wildman–Crippen LogP) is -0.220. The van der Waals surface area contributed by atoms with E-state index >= 15 is 0 Å². The van der Waals surface area contributed by atoms with Crippen LogP contribution in [0.15, 0.2) is 17.3 Å². The molecule has 1 heterocycles. The summed E-state index contributed by atoms with van der Waals surface area (Å²) in [6.45, 7) is 0.505. The van der Waals surface area contributed by atoms with E-state index in [1.807, 2.05) is 0 Å². The monoisotopic (exact) mass is 209 g/mol. The number of hydrogen-bond acceptors (Lipinski definition) is 4. The second-order valence-corrected chi connectivity index (χ2v) is 2.69. The Morgan fingerprint density at radius 2 is 2.40 bits per heavy atom. The normalized spacial score (nSPS) is 11.0. The number of nitrogens with one attached hydrogen (secondary N) is 2. The van der Waals surface area contributed by atoms with Crippen molar-refractivity contribution in [1.29, 1.82) is 0 Å². The summed E-state index contributed by atoms with van der Waals surface area (Å²) >= 11 is 0. The average molecular weight is 209 g/mol. The number of ether oxygens (including phenoxy) is 1. The third-order valence-electron chi connectivity index (χ3n) is 1.76. The van der Waals surface area contributed by atoms with E-state index in [0.717, 1.165) is 0 Å². The molecular formula is C9H15N5O. The molecular weight excluding hydrogens is 194 g/mol. The molecule has 0 aliphatic rings. The maximum atomic E-state index is 4.99. The number of nitrogens with zero attached hydrogens (tertiary/aromatic N) is 3. The summed E-state index contributed by atoms with van der Waals surface area (Å²) in [5.41, 5.74) is 0. The van der Waals surface area contributed by atoms with Gasteiger partial charge >= 0.3 is 0 Å². The molecule has 82 valence electrons. The van der Waals surface area contributed by atoms with Crippen LogP contribution in [0.5, 0.6) is 5.88 Å². The van der Waals surface area contributed by atoms with Crippen LogP contribution in [-0.4, -0.2) is 37.1 Å². The van der Waals surface area contributed by atoms with Crippen LogP contribution in [0.2, 0.25) is 0 Å². The topological polar surface area (TPSA) is 71.4 Å². The highest BCUT2D eigenvalue weighted by atomic mass is 16.5. The molecule has 6 heteroatoms. The van der Waals surface area contributed by atoms with Crippen molar-refractivity contribution in [3.05, 3.63) is 18.1 Å². The van der Waals surface area contributed by atoms with Gasteiger partial charge in [0.15, 0.2) is 11.8 Å². The van der Waals surface area contributed by atoms with Crippen molar-refractivity contribution in [2.75, 3.05) is 21.2 Å². The SMILES string of the molecule is CN=C(NC)NCc1nccc(OC)n1. The lowest BCUT2D eigenvalue weighted by Crippen LogP contribution is -2.34. The minimum atomic E-state index is 0.505. The summed E-state index contributed by atoms with van der Waals surface area (Å²) in [5.74, 6) is 1.91. The van der Waals surface area contributed by atoms with Crippen LogP contribution >= 0.6 is 0 Å². The van der Waals surface area contributed by atoms with Crippen LogP contribution in [0.3, 0.4) is 0 Å². The Kier molecular flexibility index (Phi) is 4.33. The summed E-state index contributed by atoms with van der Waals surface area (Å²) < 4.78 is 4.99. The first-order chi connectivity index (χ1) is 7.30. The lowest BCUT2D eigenvalue weighted by Gasteiger charge is -2.07. The van der Waals surface area contributed by atoms with Crippen molar-refractivity contribution in [2.45, 2.75) is 6.54 Å². The van der Waals surface area contributed by atoms with Crippen molar-refractivity contribution < 1.29 is 4.74 Å². The second kappa shape index (κ2) is 5.79. The fraction of sp³-hybridized carbons (Fsp3) is 0.444. The number of aromatic nitrogens is 2. The first-order valence-electron chi connectivity index (χ1n) is 4.54. The fourth-order valence-electron chi connectivity index (χ4n) is 1.02.